The molecule has 0 aliphatic heterocycles. The van der Waals surface area contributed by atoms with E-state index >= 15 is 0 Å². The van der Waals surface area contributed by atoms with Crippen LogP contribution in [0.2, 0.25) is 0 Å². The van der Waals surface area contributed by atoms with Gasteiger partial charge in [0.15, 0.2) is 12.6 Å². The van der Waals surface area contributed by atoms with Gasteiger partial charge in [-0.1, -0.05) is 30.3 Å². The monoisotopic (exact) mass is 439 g/mol. The number of amides is 1. The van der Waals surface area contributed by atoms with E-state index in [1.807, 2.05) is 0 Å². The number of nitrogens with one attached hydrogen (secondary N) is 1. The molecule has 2 aromatic carbocycles. The lowest BCUT2D eigenvalue weighted by molar-refractivity contribution is -0.157. The zero-order valence-electron chi connectivity index (χ0n) is 18.0. The number of anilines is 1. The normalized spacial score (nSPS) is 11.8. The van der Waals surface area contributed by atoms with Gasteiger partial charge in [-0.25, -0.2) is 4.79 Å². The maximum absolute atomic E-state index is 13.4. The van der Waals surface area contributed by atoms with Crippen LogP contribution in [-0.4, -0.2) is 47.2 Å². The summed E-state index contributed by atoms with van der Waals surface area (Å²) in [5.74, 6) is -4.30. The van der Waals surface area contributed by atoms with Crippen molar-refractivity contribution in [2.75, 3.05) is 11.5 Å². The van der Waals surface area contributed by atoms with Crippen LogP contribution in [0.25, 0.3) is 0 Å². The van der Waals surface area contributed by atoms with Crippen molar-refractivity contribution >= 4 is 35.2 Å². The van der Waals surface area contributed by atoms with Crippen LogP contribution >= 0.6 is 0 Å². The van der Waals surface area contributed by atoms with Crippen molar-refractivity contribution in [3.05, 3.63) is 65.7 Å². The number of carboxylic acid groups (broad SMARTS) is 1. The van der Waals surface area contributed by atoms with E-state index < -0.39 is 41.7 Å². The molecule has 0 fully saturated rings. The number of Topliss-reactive ketones (excluding diaryl/α,β-unsaturated/α-hetero) is 1. The zero-order chi connectivity index (χ0) is 24.1. The molecule has 0 heterocycles. The Balaban J connectivity index is 2.47. The number of rotatable bonds is 8. The lowest BCUT2D eigenvalue weighted by Gasteiger charge is -2.28. The number of amidine groups is 1. The molecule has 2 aromatic rings. The number of carboxylic acids is 1. The van der Waals surface area contributed by atoms with Gasteiger partial charge >= 0.3 is 11.9 Å². The molecule has 9 nitrogen and oxygen atoms in total. The first-order valence-corrected chi connectivity index (χ1v) is 9.69. The summed E-state index contributed by atoms with van der Waals surface area (Å²) < 4.78 is 4.99. The highest BCUT2D eigenvalue weighted by Crippen LogP contribution is 2.22. The smallest absolute Gasteiger partial charge is 0.334 e. The van der Waals surface area contributed by atoms with Gasteiger partial charge in [-0.3, -0.25) is 24.7 Å². The minimum atomic E-state index is -1.95. The number of aliphatic carboxylic acids is 1. The van der Waals surface area contributed by atoms with E-state index in [0.717, 1.165) is 4.90 Å². The lowest BCUT2D eigenvalue weighted by atomic mass is 9.97. The Hall–Kier alpha value is -4.01. The number of nitrogen functional groups attached to an aromatic ring is 1. The number of benzene rings is 2. The quantitative estimate of drug-likeness (QED) is 0.247. The van der Waals surface area contributed by atoms with E-state index in [1.165, 1.54) is 36.4 Å². The first kappa shape index (κ1) is 24.3. The van der Waals surface area contributed by atoms with E-state index in [0.29, 0.717) is 0 Å². The fourth-order valence-electron chi connectivity index (χ4n) is 2.76. The van der Waals surface area contributed by atoms with Crippen LogP contribution in [-0.2, 0) is 19.1 Å². The summed E-state index contributed by atoms with van der Waals surface area (Å²) in [6, 6.07) is 11.7. The third-order valence-electron chi connectivity index (χ3n) is 4.43. The summed E-state index contributed by atoms with van der Waals surface area (Å²) in [7, 11) is 0. The summed E-state index contributed by atoms with van der Waals surface area (Å²) in [5, 5.41) is 17.4. The Morgan fingerprint density at radius 3 is 2.16 bits per heavy atom. The highest BCUT2D eigenvalue weighted by molar-refractivity contribution is 6.17. The van der Waals surface area contributed by atoms with E-state index in [1.54, 1.807) is 39.0 Å². The summed E-state index contributed by atoms with van der Waals surface area (Å²) in [6.07, 6.45) is 0. The van der Waals surface area contributed by atoms with Gasteiger partial charge in [0.05, 0.1) is 5.41 Å². The Bertz CT molecular complexity index is 1040. The van der Waals surface area contributed by atoms with Crippen molar-refractivity contribution in [3.8, 4) is 0 Å². The third-order valence-corrected chi connectivity index (χ3v) is 4.43. The molecule has 4 N–H and O–H groups in total. The summed E-state index contributed by atoms with van der Waals surface area (Å²) in [4.78, 5) is 51.1. The third kappa shape index (κ3) is 5.78. The summed E-state index contributed by atoms with van der Waals surface area (Å²) in [6.45, 7) is 3.97. The molecule has 1 amide bonds. The van der Waals surface area contributed by atoms with Gasteiger partial charge in [0.25, 0.3) is 5.91 Å². The van der Waals surface area contributed by atoms with Gasteiger partial charge in [-0.15, -0.1) is 0 Å². The molecule has 168 valence electrons. The topological polar surface area (TPSA) is 151 Å². The van der Waals surface area contributed by atoms with Crippen LogP contribution in [0.3, 0.4) is 0 Å². The molecule has 0 saturated heterocycles. The Kier molecular flexibility index (Phi) is 7.48. The fourth-order valence-corrected chi connectivity index (χ4v) is 2.76. The Labute approximate surface area is 185 Å². The van der Waals surface area contributed by atoms with Crippen LogP contribution in [0.1, 0.15) is 36.7 Å². The number of hydrogen-bond donors (Lipinski definition) is 3. The highest BCUT2D eigenvalue weighted by atomic mass is 16.5. The molecule has 0 spiro atoms. The van der Waals surface area contributed by atoms with Gasteiger partial charge in [0.1, 0.15) is 5.84 Å². The van der Waals surface area contributed by atoms with Crippen molar-refractivity contribution in [1.29, 1.82) is 5.41 Å². The van der Waals surface area contributed by atoms with Gasteiger partial charge < -0.3 is 15.6 Å². The van der Waals surface area contributed by atoms with E-state index in [-0.39, 0.29) is 22.6 Å². The first-order valence-electron chi connectivity index (χ1n) is 9.69. The number of esters is 1. The molecule has 0 saturated carbocycles. The Morgan fingerprint density at radius 1 is 1.03 bits per heavy atom. The van der Waals surface area contributed by atoms with Crippen LogP contribution in [0.15, 0.2) is 54.6 Å². The van der Waals surface area contributed by atoms with Gasteiger partial charge in [0.2, 0.25) is 5.78 Å². The second-order valence-electron chi connectivity index (χ2n) is 8.04. The van der Waals surface area contributed by atoms with Gasteiger partial charge in [0, 0.05) is 16.8 Å². The average molecular weight is 439 g/mol. The molecule has 0 bridgehead atoms. The standard InChI is InChI=1S/C23H25N3O6/c1-23(2,3)22(31)32-13-17(27)18(21(29)30)26(16-10-5-4-6-11-16)20(28)15-9-7-8-14(12-15)19(24)25/h4-12,18H,13H2,1-3H3,(H3,24,25)(H,29,30)/t18-/m0/s1. The lowest BCUT2D eigenvalue weighted by Crippen LogP contribution is -2.51. The van der Waals surface area contributed by atoms with E-state index in [2.05, 4.69) is 0 Å². The zero-order valence-corrected chi connectivity index (χ0v) is 18.0. The maximum atomic E-state index is 13.4. The molecular formula is C23H25N3O6. The average Bonchev–Trinajstić information content (AvgIpc) is 2.74. The highest BCUT2D eigenvalue weighted by Gasteiger charge is 2.38. The number of ether oxygens (including phenoxy) is 1. The van der Waals surface area contributed by atoms with Crippen LogP contribution in [0.5, 0.6) is 0 Å². The fraction of sp³-hybridized carbons (Fsp3) is 0.261. The molecule has 0 aromatic heterocycles. The van der Waals surface area contributed by atoms with Crippen molar-refractivity contribution < 1.29 is 29.0 Å². The first-order chi connectivity index (χ1) is 14.9. The SMILES string of the molecule is CC(C)(C)C(=O)OCC(=O)[C@@H](C(=O)O)N(C(=O)c1cccc(C(=N)N)c1)c1ccccc1. The van der Waals surface area contributed by atoms with Crippen molar-refractivity contribution in [2.45, 2.75) is 26.8 Å². The van der Waals surface area contributed by atoms with Crippen LogP contribution < -0.4 is 10.6 Å². The Morgan fingerprint density at radius 2 is 1.62 bits per heavy atom. The number of ketones is 1. The van der Waals surface area contributed by atoms with E-state index in [9.17, 15) is 24.3 Å². The molecule has 0 unspecified atom stereocenters. The number of nitrogens with zero attached hydrogens (tertiary/aromatic N) is 1. The van der Waals surface area contributed by atoms with Gasteiger partial charge in [-0.2, -0.15) is 0 Å². The van der Waals surface area contributed by atoms with E-state index in [4.69, 9.17) is 15.9 Å². The molecule has 1 atom stereocenters. The molecule has 0 radical (unpaired) electrons. The molecule has 9 heteroatoms. The summed E-state index contributed by atoms with van der Waals surface area (Å²) >= 11 is 0. The summed E-state index contributed by atoms with van der Waals surface area (Å²) in [5.41, 5.74) is 5.06. The molecule has 0 aliphatic carbocycles. The predicted octanol–water partition coefficient (Wildman–Crippen LogP) is 2.23. The second kappa shape index (κ2) is 9.86. The molecule has 32 heavy (non-hydrogen) atoms. The number of carbonyl (C=O) groups excluding carboxylic acids is 3. The minimum absolute atomic E-state index is 0.0345. The van der Waals surface area contributed by atoms with Crippen molar-refractivity contribution in [2.24, 2.45) is 11.1 Å². The number of hydrogen-bond acceptors (Lipinski definition) is 6. The van der Waals surface area contributed by atoms with Crippen molar-refractivity contribution in [1.82, 2.24) is 0 Å². The predicted molar refractivity (Wildman–Crippen MR) is 118 cm³/mol. The van der Waals surface area contributed by atoms with Crippen LogP contribution in [0, 0.1) is 10.8 Å². The number of carbonyl (C=O) groups is 4. The molecular weight excluding hydrogens is 414 g/mol. The molecule has 0 aliphatic rings. The number of para-hydroxylation sites is 1. The number of nitrogens with two attached hydrogens (primary N) is 1. The maximum Gasteiger partial charge on any atom is 0.334 e. The molecule has 2 rings (SSSR count). The minimum Gasteiger partial charge on any atom is -0.479 e. The van der Waals surface area contributed by atoms with Crippen LogP contribution in [0.4, 0.5) is 5.69 Å². The second-order valence-corrected chi connectivity index (χ2v) is 8.04. The largest absolute Gasteiger partial charge is 0.479 e. The van der Waals surface area contributed by atoms with Crippen molar-refractivity contribution in [3.63, 3.8) is 0 Å². The van der Waals surface area contributed by atoms with Gasteiger partial charge in [-0.05, 0) is 45.0 Å².